The van der Waals surface area contributed by atoms with E-state index in [-0.39, 0.29) is 24.2 Å². The van der Waals surface area contributed by atoms with Crippen LogP contribution in [-0.4, -0.2) is 40.5 Å². The van der Waals surface area contributed by atoms with Crippen LogP contribution in [0.1, 0.15) is 28.9 Å². The molecule has 0 radical (unpaired) electrons. The first-order valence-corrected chi connectivity index (χ1v) is 7.97. The SMILES string of the molecule is Cc1cc([C@H]2CN(C(=O)Cc3cccc(F)c3)CCO2)nc(C)n1. The van der Waals surface area contributed by atoms with Gasteiger partial charge in [-0.05, 0) is 37.6 Å². The number of aromatic nitrogens is 2. The summed E-state index contributed by atoms with van der Waals surface area (Å²) in [5.41, 5.74) is 2.35. The van der Waals surface area contributed by atoms with Crippen molar-refractivity contribution in [2.24, 2.45) is 0 Å². The molecule has 1 atom stereocenters. The third-order valence-corrected chi connectivity index (χ3v) is 3.98. The molecule has 126 valence electrons. The van der Waals surface area contributed by atoms with Gasteiger partial charge in [0.25, 0.3) is 0 Å². The molecule has 1 amide bonds. The van der Waals surface area contributed by atoms with Crippen molar-refractivity contribution >= 4 is 5.91 Å². The van der Waals surface area contributed by atoms with E-state index in [1.807, 2.05) is 19.9 Å². The van der Waals surface area contributed by atoms with E-state index in [0.29, 0.717) is 31.1 Å². The van der Waals surface area contributed by atoms with Crippen molar-refractivity contribution in [2.45, 2.75) is 26.4 Å². The maximum atomic E-state index is 13.3. The summed E-state index contributed by atoms with van der Waals surface area (Å²) in [5.74, 6) is 0.334. The number of amides is 1. The molecule has 0 bridgehead atoms. The second kappa shape index (κ2) is 7.05. The highest BCUT2D eigenvalue weighted by molar-refractivity contribution is 5.78. The Balaban J connectivity index is 1.69. The largest absolute Gasteiger partial charge is 0.368 e. The summed E-state index contributed by atoms with van der Waals surface area (Å²) < 4.78 is 19.0. The van der Waals surface area contributed by atoms with Gasteiger partial charge < -0.3 is 9.64 Å². The Morgan fingerprint density at radius 2 is 2.17 bits per heavy atom. The second-order valence-electron chi connectivity index (χ2n) is 5.99. The molecule has 2 heterocycles. The van der Waals surface area contributed by atoms with Gasteiger partial charge in [0.15, 0.2) is 0 Å². The van der Waals surface area contributed by atoms with Crippen molar-refractivity contribution in [3.8, 4) is 0 Å². The van der Waals surface area contributed by atoms with Crippen LogP contribution < -0.4 is 0 Å². The van der Waals surface area contributed by atoms with Crippen LogP contribution in [0.25, 0.3) is 0 Å². The number of hydrogen-bond donors (Lipinski definition) is 0. The molecule has 5 nitrogen and oxygen atoms in total. The molecule has 2 aromatic rings. The Bertz CT molecular complexity index is 731. The van der Waals surface area contributed by atoms with Crippen LogP contribution in [0.2, 0.25) is 0 Å². The minimum Gasteiger partial charge on any atom is -0.368 e. The quantitative estimate of drug-likeness (QED) is 0.867. The molecule has 1 fully saturated rings. The van der Waals surface area contributed by atoms with Crippen molar-refractivity contribution in [3.05, 3.63) is 58.9 Å². The molecule has 24 heavy (non-hydrogen) atoms. The molecular weight excluding hydrogens is 309 g/mol. The predicted octanol–water partition coefficient (Wildman–Crippen LogP) is 2.38. The first-order chi connectivity index (χ1) is 11.5. The molecule has 0 saturated carbocycles. The zero-order valence-corrected chi connectivity index (χ0v) is 13.8. The molecule has 1 aliphatic rings. The highest BCUT2D eigenvalue weighted by Crippen LogP contribution is 2.22. The molecule has 0 unspecified atom stereocenters. The fourth-order valence-corrected chi connectivity index (χ4v) is 2.90. The number of morpholine rings is 1. The molecule has 1 aromatic carbocycles. The minimum absolute atomic E-state index is 0.0311. The van der Waals surface area contributed by atoms with Crippen molar-refractivity contribution in [2.75, 3.05) is 19.7 Å². The van der Waals surface area contributed by atoms with Crippen molar-refractivity contribution < 1.29 is 13.9 Å². The zero-order valence-electron chi connectivity index (χ0n) is 13.8. The van der Waals surface area contributed by atoms with E-state index in [1.54, 1.807) is 17.0 Å². The van der Waals surface area contributed by atoms with E-state index >= 15 is 0 Å². The summed E-state index contributed by atoms with van der Waals surface area (Å²) in [4.78, 5) is 22.9. The number of nitrogens with zero attached hydrogens (tertiary/aromatic N) is 3. The van der Waals surface area contributed by atoms with E-state index in [2.05, 4.69) is 9.97 Å². The van der Waals surface area contributed by atoms with Gasteiger partial charge in [0, 0.05) is 12.2 Å². The Hall–Kier alpha value is -2.34. The average Bonchev–Trinajstić information content (AvgIpc) is 2.54. The van der Waals surface area contributed by atoms with Crippen LogP contribution in [0.5, 0.6) is 0 Å². The number of aryl methyl sites for hydroxylation is 2. The topological polar surface area (TPSA) is 55.3 Å². The molecule has 0 aliphatic carbocycles. The van der Waals surface area contributed by atoms with Crippen LogP contribution in [0, 0.1) is 19.7 Å². The maximum Gasteiger partial charge on any atom is 0.227 e. The van der Waals surface area contributed by atoms with Gasteiger partial charge in [-0.1, -0.05) is 12.1 Å². The number of benzene rings is 1. The zero-order chi connectivity index (χ0) is 17.1. The smallest absolute Gasteiger partial charge is 0.227 e. The number of hydrogen-bond acceptors (Lipinski definition) is 4. The number of carbonyl (C=O) groups is 1. The Morgan fingerprint density at radius 1 is 1.33 bits per heavy atom. The number of halogens is 1. The number of ether oxygens (including phenoxy) is 1. The monoisotopic (exact) mass is 329 g/mol. The van der Waals surface area contributed by atoms with Gasteiger partial charge in [-0.25, -0.2) is 14.4 Å². The summed E-state index contributed by atoms with van der Waals surface area (Å²) in [6.07, 6.45) is -0.0673. The van der Waals surface area contributed by atoms with E-state index < -0.39 is 0 Å². The molecule has 1 saturated heterocycles. The first kappa shape index (κ1) is 16.5. The van der Waals surface area contributed by atoms with Crippen LogP contribution in [0.3, 0.4) is 0 Å². The van der Waals surface area contributed by atoms with Gasteiger partial charge in [-0.15, -0.1) is 0 Å². The molecule has 1 aliphatic heterocycles. The summed E-state index contributed by atoms with van der Waals surface area (Å²) in [6, 6.07) is 8.03. The van der Waals surface area contributed by atoms with Gasteiger partial charge in [-0.2, -0.15) is 0 Å². The average molecular weight is 329 g/mol. The van der Waals surface area contributed by atoms with Gasteiger partial charge in [0.1, 0.15) is 17.7 Å². The summed E-state index contributed by atoms with van der Waals surface area (Å²) in [5, 5.41) is 0. The highest BCUT2D eigenvalue weighted by Gasteiger charge is 2.26. The van der Waals surface area contributed by atoms with Crippen LogP contribution in [-0.2, 0) is 16.0 Å². The minimum atomic E-state index is -0.327. The molecule has 3 rings (SSSR count). The number of carbonyl (C=O) groups excluding carboxylic acids is 1. The van der Waals surface area contributed by atoms with Gasteiger partial charge in [0.05, 0.1) is 25.3 Å². The van der Waals surface area contributed by atoms with E-state index in [1.165, 1.54) is 12.1 Å². The lowest BCUT2D eigenvalue weighted by Gasteiger charge is -2.33. The van der Waals surface area contributed by atoms with E-state index in [4.69, 9.17) is 4.74 Å². The maximum absolute atomic E-state index is 13.3. The fraction of sp³-hybridized carbons (Fsp3) is 0.389. The Morgan fingerprint density at radius 3 is 2.92 bits per heavy atom. The highest BCUT2D eigenvalue weighted by atomic mass is 19.1. The predicted molar refractivity (Wildman–Crippen MR) is 86.9 cm³/mol. The number of rotatable bonds is 3. The Kier molecular flexibility index (Phi) is 4.85. The van der Waals surface area contributed by atoms with Crippen LogP contribution in [0.4, 0.5) is 4.39 Å². The third kappa shape index (κ3) is 3.94. The van der Waals surface area contributed by atoms with Gasteiger partial charge in [0.2, 0.25) is 5.91 Å². The van der Waals surface area contributed by atoms with Crippen LogP contribution in [0.15, 0.2) is 30.3 Å². The van der Waals surface area contributed by atoms with Gasteiger partial charge >= 0.3 is 0 Å². The van der Waals surface area contributed by atoms with E-state index in [0.717, 1.165) is 11.4 Å². The van der Waals surface area contributed by atoms with Crippen molar-refractivity contribution in [1.29, 1.82) is 0 Å². The standard InChI is InChI=1S/C18H20FN3O2/c1-12-8-16(21-13(2)20-12)17-11-22(6-7-24-17)18(23)10-14-4-3-5-15(19)9-14/h3-5,8-9,17H,6-7,10-11H2,1-2H3/t17-/m1/s1. The molecule has 0 N–H and O–H groups in total. The van der Waals surface area contributed by atoms with Crippen molar-refractivity contribution in [1.82, 2.24) is 14.9 Å². The lowest BCUT2D eigenvalue weighted by atomic mass is 10.1. The lowest BCUT2D eigenvalue weighted by molar-refractivity contribution is -0.138. The lowest BCUT2D eigenvalue weighted by Crippen LogP contribution is -2.43. The molecular formula is C18H20FN3O2. The molecule has 6 heteroatoms. The summed E-state index contributed by atoms with van der Waals surface area (Å²) in [7, 11) is 0. The second-order valence-corrected chi connectivity index (χ2v) is 5.99. The molecule has 0 spiro atoms. The fourth-order valence-electron chi connectivity index (χ4n) is 2.90. The summed E-state index contributed by atoms with van der Waals surface area (Å²) in [6.45, 7) is 5.19. The summed E-state index contributed by atoms with van der Waals surface area (Å²) >= 11 is 0. The van der Waals surface area contributed by atoms with Gasteiger partial charge in [-0.3, -0.25) is 4.79 Å². The Labute approximate surface area is 140 Å². The van der Waals surface area contributed by atoms with Crippen LogP contribution >= 0.6 is 0 Å². The van der Waals surface area contributed by atoms with Crippen molar-refractivity contribution in [3.63, 3.8) is 0 Å². The third-order valence-electron chi connectivity index (χ3n) is 3.98. The first-order valence-electron chi connectivity index (χ1n) is 7.97. The normalized spacial score (nSPS) is 17.8. The van der Waals surface area contributed by atoms with E-state index in [9.17, 15) is 9.18 Å². The molecule has 1 aromatic heterocycles.